The third-order valence-electron chi connectivity index (χ3n) is 5.74. The van der Waals surface area contributed by atoms with Gasteiger partial charge in [0.2, 0.25) is 5.91 Å². The van der Waals surface area contributed by atoms with Crippen molar-refractivity contribution >= 4 is 52.1 Å². The summed E-state index contributed by atoms with van der Waals surface area (Å²) in [7, 11) is 0. The van der Waals surface area contributed by atoms with Crippen LogP contribution >= 0.6 is 11.8 Å². The number of carbonyl (C=O) groups is 5. The van der Waals surface area contributed by atoms with Crippen LogP contribution in [0.3, 0.4) is 0 Å². The number of benzene rings is 3. The highest BCUT2D eigenvalue weighted by Gasteiger charge is 2.37. The summed E-state index contributed by atoms with van der Waals surface area (Å²) >= 11 is 0.750. The number of fused-ring (bicyclic) bond motifs is 2. The third kappa shape index (κ3) is 4.30. The first-order chi connectivity index (χ1) is 17.4. The highest BCUT2D eigenvalue weighted by atomic mass is 32.2. The Morgan fingerprint density at radius 2 is 1.47 bits per heavy atom. The normalized spacial score (nSPS) is 16.0. The number of ketones is 2. The number of anilines is 1. The number of imide groups is 1. The molecule has 176 valence electrons. The molecule has 7 nitrogen and oxygen atoms in total. The Morgan fingerprint density at radius 1 is 0.806 bits per heavy atom. The molecule has 0 radical (unpaired) electrons. The van der Waals surface area contributed by atoms with E-state index in [2.05, 4.69) is 5.32 Å². The molecule has 3 aromatic carbocycles. The van der Waals surface area contributed by atoms with Gasteiger partial charge >= 0.3 is 0 Å². The molecular weight excluding hydrogens is 476 g/mol. The lowest BCUT2D eigenvalue weighted by Gasteiger charge is -2.20. The van der Waals surface area contributed by atoms with Crippen LogP contribution in [-0.2, 0) is 9.59 Å². The molecule has 5 rings (SSSR count). The summed E-state index contributed by atoms with van der Waals surface area (Å²) in [6.07, 6.45) is 5.00. The van der Waals surface area contributed by atoms with Crippen LogP contribution in [0.5, 0.6) is 0 Å². The molecule has 0 bridgehead atoms. The Balaban J connectivity index is 1.32. The molecule has 3 amide bonds. The summed E-state index contributed by atoms with van der Waals surface area (Å²) in [5, 5.41) is 2.03. The van der Waals surface area contributed by atoms with Crippen molar-refractivity contribution in [1.29, 1.82) is 0 Å². The van der Waals surface area contributed by atoms with E-state index in [9.17, 15) is 24.0 Å². The second kappa shape index (κ2) is 9.59. The van der Waals surface area contributed by atoms with Gasteiger partial charge in [-0.1, -0.05) is 78.9 Å². The smallest absolute Gasteiger partial charge is 0.294 e. The second-order valence-corrected chi connectivity index (χ2v) is 9.03. The predicted octanol–water partition coefficient (Wildman–Crippen LogP) is 4.69. The average Bonchev–Trinajstić information content (AvgIpc) is 3.15. The van der Waals surface area contributed by atoms with Gasteiger partial charge in [-0.3, -0.25) is 28.9 Å². The van der Waals surface area contributed by atoms with Gasteiger partial charge in [0, 0.05) is 16.7 Å². The number of allylic oxidation sites excluding steroid dienone is 2. The summed E-state index contributed by atoms with van der Waals surface area (Å²) in [6, 6.07) is 20.6. The second-order valence-electron chi connectivity index (χ2n) is 8.04. The molecule has 1 aliphatic carbocycles. The van der Waals surface area contributed by atoms with Gasteiger partial charge in [-0.2, -0.15) is 0 Å². The molecule has 1 saturated heterocycles. The SMILES string of the molecule is O=C(CN1C(=O)S/C(=C\C=C\c2ccccc2)C1=O)Nc1cccc2c1C(=O)c1ccccc1C2=O. The molecule has 1 heterocycles. The molecule has 0 unspecified atom stereocenters. The van der Waals surface area contributed by atoms with Crippen molar-refractivity contribution in [2.75, 3.05) is 11.9 Å². The average molecular weight is 495 g/mol. The molecule has 0 aromatic heterocycles. The van der Waals surface area contributed by atoms with E-state index in [1.54, 1.807) is 42.5 Å². The molecule has 1 N–H and O–H groups in total. The van der Waals surface area contributed by atoms with Crippen molar-refractivity contribution in [3.8, 4) is 0 Å². The van der Waals surface area contributed by atoms with E-state index in [0.29, 0.717) is 5.56 Å². The highest BCUT2D eigenvalue weighted by Crippen LogP contribution is 2.33. The van der Waals surface area contributed by atoms with Gasteiger partial charge in [0.1, 0.15) is 6.54 Å². The number of hydrogen-bond acceptors (Lipinski definition) is 6. The topological polar surface area (TPSA) is 101 Å². The molecule has 36 heavy (non-hydrogen) atoms. The van der Waals surface area contributed by atoms with Crippen LogP contribution in [-0.4, -0.2) is 40.1 Å². The van der Waals surface area contributed by atoms with Gasteiger partial charge in [-0.15, -0.1) is 0 Å². The molecule has 0 saturated carbocycles. The van der Waals surface area contributed by atoms with Gasteiger partial charge in [0.05, 0.1) is 16.2 Å². The lowest BCUT2D eigenvalue weighted by Crippen LogP contribution is -2.36. The number of hydrogen-bond donors (Lipinski definition) is 1. The van der Waals surface area contributed by atoms with Crippen molar-refractivity contribution in [2.45, 2.75) is 0 Å². The van der Waals surface area contributed by atoms with Crippen molar-refractivity contribution in [1.82, 2.24) is 4.90 Å². The largest absolute Gasteiger partial charge is 0.324 e. The molecule has 2 aliphatic rings. The van der Waals surface area contributed by atoms with E-state index in [1.165, 1.54) is 18.2 Å². The van der Waals surface area contributed by atoms with E-state index in [-0.39, 0.29) is 38.8 Å². The van der Waals surface area contributed by atoms with Crippen LogP contribution in [0, 0.1) is 0 Å². The van der Waals surface area contributed by atoms with E-state index in [0.717, 1.165) is 22.2 Å². The van der Waals surface area contributed by atoms with Crippen molar-refractivity contribution < 1.29 is 24.0 Å². The molecule has 0 atom stereocenters. The maximum Gasteiger partial charge on any atom is 0.294 e. The van der Waals surface area contributed by atoms with Gasteiger partial charge in [0.15, 0.2) is 11.6 Å². The zero-order valence-corrected chi connectivity index (χ0v) is 19.6. The van der Waals surface area contributed by atoms with Crippen LogP contribution in [0.2, 0.25) is 0 Å². The van der Waals surface area contributed by atoms with Gasteiger partial charge < -0.3 is 5.32 Å². The lowest BCUT2D eigenvalue weighted by atomic mass is 9.83. The number of thioether (sulfide) groups is 1. The molecule has 3 aromatic rings. The Bertz CT molecular complexity index is 1510. The van der Waals surface area contributed by atoms with Crippen molar-refractivity contribution in [3.63, 3.8) is 0 Å². The predicted molar refractivity (Wildman–Crippen MR) is 137 cm³/mol. The monoisotopic (exact) mass is 494 g/mol. The minimum Gasteiger partial charge on any atom is -0.324 e. The highest BCUT2D eigenvalue weighted by molar-refractivity contribution is 8.18. The minimum atomic E-state index is -0.661. The first-order valence-corrected chi connectivity index (χ1v) is 11.8. The van der Waals surface area contributed by atoms with Crippen LogP contribution in [0.4, 0.5) is 10.5 Å². The molecule has 0 spiro atoms. The van der Waals surface area contributed by atoms with Crippen LogP contribution < -0.4 is 5.32 Å². The Hall–Kier alpha value is -4.56. The zero-order valence-electron chi connectivity index (χ0n) is 18.8. The number of rotatable bonds is 5. The van der Waals surface area contributed by atoms with Crippen molar-refractivity contribution in [3.05, 3.63) is 118 Å². The standard InChI is InChI=1S/C28H18N2O5S/c31-23(16-30-27(34)22(36-28(30)35)15-6-10-17-8-2-1-3-9-17)29-21-14-7-13-20-24(21)26(33)19-12-5-4-11-18(19)25(20)32/h1-15H,16H2,(H,29,31)/b10-6+,22-15-. The number of nitrogens with one attached hydrogen (secondary N) is 1. The van der Waals surface area contributed by atoms with Crippen LogP contribution in [0.1, 0.15) is 37.4 Å². The Kier molecular flexibility index (Phi) is 6.18. The maximum absolute atomic E-state index is 13.1. The van der Waals surface area contributed by atoms with E-state index >= 15 is 0 Å². The number of nitrogens with zero attached hydrogens (tertiary/aromatic N) is 1. The van der Waals surface area contributed by atoms with Gasteiger partial charge in [-0.05, 0) is 29.5 Å². The van der Waals surface area contributed by atoms with Gasteiger partial charge in [0.25, 0.3) is 11.1 Å². The molecule has 8 heteroatoms. The van der Waals surface area contributed by atoms with Crippen LogP contribution in [0.15, 0.2) is 89.9 Å². The van der Waals surface area contributed by atoms with E-state index < -0.39 is 23.6 Å². The molecule has 1 fully saturated rings. The fourth-order valence-electron chi connectivity index (χ4n) is 4.04. The third-order valence-corrected chi connectivity index (χ3v) is 6.66. The first kappa shape index (κ1) is 23.2. The van der Waals surface area contributed by atoms with Crippen molar-refractivity contribution in [2.24, 2.45) is 0 Å². The van der Waals surface area contributed by atoms with E-state index in [4.69, 9.17) is 0 Å². The summed E-state index contributed by atoms with van der Waals surface area (Å²) in [4.78, 5) is 65.0. The summed E-state index contributed by atoms with van der Waals surface area (Å²) in [6.45, 7) is -0.521. The van der Waals surface area contributed by atoms with Crippen LogP contribution in [0.25, 0.3) is 6.08 Å². The number of carbonyl (C=O) groups excluding carboxylic acids is 5. The van der Waals surface area contributed by atoms with Gasteiger partial charge in [-0.25, -0.2) is 0 Å². The Labute approximate surface area is 210 Å². The minimum absolute atomic E-state index is 0.0923. The van der Waals surface area contributed by atoms with E-state index in [1.807, 2.05) is 30.3 Å². The fraction of sp³-hybridized carbons (Fsp3) is 0.0357. The molecule has 1 aliphatic heterocycles. The molecular formula is C28H18N2O5S. The number of amides is 3. The fourth-order valence-corrected chi connectivity index (χ4v) is 4.83. The lowest BCUT2D eigenvalue weighted by molar-refractivity contribution is -0.127. The maximum atomic E-state index is 13.1. The first-order valence-electron chi connectivity index (χ1n) is 11.0. The summed E-state index contributed by atoms with van der Waals surface area (Å²) < 4.78 is 0. The quantitative estimate of drug-likeness (QED) is 0.404. The summed E-state index contributed by atoms with van der Waals surface area (Å²) in [5.41, 5.74) is 1.94. The zero-order chi connectivity index (χ0) is 25.2. The summed E-state index contributed by atoms with van der Waals surface area (Å²) in [5.74, 6) is -1.93. The Morgan fingerprint density at radius 3 is 2.22 bits per heavy atom.